The molecule has 6 nitrogen and oxygen atoms in total. The highest BCUT2D eigenvalue weighted by Crippen LogP contribution is 2.14. The van der Waals surface area contributed by atoms with E-state index in [-0.39, 0.29) is 12.5 Å². The van der Waals surface area contributed by atoms with Crippen molar-refractivity contribution < 1.29 is 19.4 Å². The van der Waals surface area contributed by atoms with E-state index in [0.717, 1.165) is 32.6 Å². The maximum absolute atomic E-state index is 10.8. The minimum Gasteiger partial charge on any atom is -0.480 e. The molecular weight excluding hydrogens is 224 g/mol. The predicted octanol–water partition coefficient (Wildman–Crippen LogP) is -0.408. The van der Waals surface area contributed by atoms with E-state index in [1.165, 1.54) is 6.92 Å². The SMILES string of the molecule is CC(=O)NC(CNCCC1CCOC1)C(=O)O. The fourth-order valence-corrected chi connectivity index (χ4v) is 1.81. The Balaban J connectivity index is 2.13. The standard InChI is InChI=1S/C11H20N2O4/c1-8(14)13-10(11(15)16)6-12-4-2-9-3-5-17-7-9/h9-10,12H,2-7H2,1H3,(H,13,14)(H,15,16). The first-order valence-corrected chi connectivity index (χ1v) is 5.88. The smallest absolute Gasteiger partial charge is 0.327 e. The number of rotatable bonds is 7. The third-order valence-corrected chi connectivity index (χ3v) is 2.78. The highest BCUT2D eigenvalue weighted by molar-refractivity contribution is 5.82. The van der Waals surface area contributed by atoms with E-state index >= 15 is 0 Å². The molecule has 1 heterocycles. The first kappa shape index (κ1) is 13.9. The summed E-state index contributed by atoms with van der Waals surface area (Å²) in [5.41, 5.74) is 0. The molecule has 0 aromatic rings. The van der Waals surface area contributed by atoms with Gasteiger partial charge >= 0.3 is 5.97 Å². The van der Waals surface area contributed by atoms with Crippen LogP contribution in [-0.2, 0) is 14.3 Å². The lowest BCUT2D eigenvalue weighted by atomic mass is 10.1. The molecule has 0 aromatic carbocycles. The number of aliphatic carboxylic acids is 1. The van der Waals surface area contributed by atoms with Crippen molar-refractivity contribution in [3.63, 3.8) is 0 Å². The second-order valence-electron chi connectivity index (χ2n) is 4.31. The van der Waals surface area contributed by atoms with Gasteiger partial charge in [-0.15, -0.1) is 0 Å². The summed E-state index contributed by atoms with van der Waals surface area (Å²) in [6.45, 7) is 3.94. The number of ether oxygens (including phenoxy) is 1. The van der Waals surface area contributed by atoms with Crippen molar-refractivity contribution in [3.05, 3.63) is 0 Å². The van der Waals surface area contributed by atoms with E-state index < -0.39 is 12.0 Å². The molecular formula is C11H20N2O4. The summed E-state index contributed by atoms with van der Waals surface area (Å²) in [7, 11) is 0. The number of carbonyl (C=O) groups is 2. The summed E-state index contributed by atoms with van der Waals surface area (Å²) in [6.07, 6.45) is 2.06. The molecule has 1 aliphatic rings. The zero-order valence-electron chi connectivity index (χ0n) is 10.1. The lowest BCUT2D eigenvalue weighted by molar-refractivity contribution is -0.141. The summed E-state index contributed by atoms with van der Waals surface area (Å²) in [5, 5.41) is 14.3. The number of carbonyl (C=O) groups excluding carboxylic acids is 1. The van der Waals surface area contributed by atoms with Gasteiger partial charge in [0.15, 0.2) is 0 Å². The van der Waals surface area contributed by atoms with Gasteiger partial charge in [0, 0.05) is 26.7 Å². The van der Waals surface area contributed by atoms with Crippen LogP contribution in [0.5, 0.6) is 0 Å². The number of hydrogen-bond donors (Lipinski definition) is 3. The van der Waals surface area contributed by atoms with Crippen molar-refractivity contribution in [1.29, 1.82) is 0 Å². The predicted molar refractivity (Wildman–Crippen MR) is 61.7 cm³/mol. The van der Waals surface area contributed by atoms with Crippen LogP contribution in [0.1, 0.15) is 19.8 Å². The Bertz CT molecular complexity index is 264. The first-order chi connectivity index (χ1) is 8.09. The van der Waals surface area contributed by atoms with Gasteiger partial charge in [-0.05, 0) is 25.3 Å². The second kappa shape index (κ2) is 7.24. The fourth-order valence-electron chi connectivity index (χ4n) is 1.81. The summed E-state index contributed by atoms with van der Waals surface area (Å²) < 4.78 is 5.25. The van der Waals surface area contributed by atoms with Gasteiger partial charge in [-0.3, -0.25) is 4.79 Å². The molecule has 1 saturated heterocycles. The summed E-state index contributed by atoms with van der Waals surface area (Å²) in [5.74, 6) is -0.771. The molecule has 0 aliphatic carbocycles. The molecule has 2 atom stereocenters. The molecule has 2 unspecified atom stereocenters. The zero-order valence-corrected chi connectivity index (χ0v) is 10.1. The number of carboxylic acid groups (broad SMARTS) is 1. The summed E-state index contributed by atoms with van der Waals surface area (Å²) in [4.78, 5) is 21.6. The van der Waals surface area contributed by atoms with Crippen molar-refractivity contribution in [1.82, 2.24) is 10.6 Å². The van der Waals surface area contributed by atoms with Gasteiger partial charge in [0.1, 0.15) is 6.04 Å². The summed E-state index contributed by atoms with van der Waals surface area (Å²) >= 11 is 0. The van der Waals surface area contributed by atoms with Crippen LogP contribution < -0.4 is 10.6 Å². The minimum atomic E-state index is -1.02. The Hall–Kier alpha value is -1.14. The Kier molecular flexibility index (Phi) is 5.93. The van der Waals surface area contributed by atoms with Crippen molar-refractivity contribution in [3.8, 4) is 0 Å². The monoisotopic (exact) mass is 244 g/mol. The molecule has 0 radical (unpaired) electrons. The average Bonchev–Trinajstić information content (AvgIpc) is 2.74. The highest BCUT2D eigenvalue weighted by Gasteiger charge is 2.18. The van der Waals surface area contributed by atoms with Crippen LogP contribution in [0.15, 0.2) is 0 Å². The highest BCUT2D eigenvalue weighted by atomic mass is 16.5. The number of hydrogen-bond acceptors (Lipinski definition) is 4. The van der Waals surface area contributed by atoms with Gasteiger partial charge in [0.2, 0.25) is 5.91 Å². The van der Waals surface area contributed by atoms with Crippen molar-refractivity contribution >= 4 is 11.9 Å². The third kappa shape index (κ3) is 5.65. The van der Waals surface area contributed by atoms with E-state index in [9.17, 15) is 9.59 Å². The van der Waals surface area contributed by atoms with Crippen LogP contribution in [0.4, 0.5) is 0 Å². The Morgan fingerprint density at radius 2 is 2.29 bits per heavy atom. The normalized spacial score (nSPS) is 21.1. The molecule has 1 aliphatic heterocycles. The minimum absolute atomic E-state index is 0.252. The Morgan fingerprint density at radius 1 is 1.53 bits per heavy atom. The average molecular weight is 244 g/mol. The van der Waals surface area contributed by atoms with E-state index in [4.69, 9.17) is 9.84 Å². The van der Waals surface area contributed by atoms with Crippen LogP contribution in [0.25, 0.3) is 0 Å². The van der Waals surface area contributed by atoms with Gasteiger partial charge in [-0.2, -0.15) is 0 Å². The van der Waals surface area contributed by atoms with Crippen LogP contribution in [-0.4, -0.2) is 49.3 Å². The third-order valence-electron chi connectivity index (χ3n) is 2.78. The maximum atomic E-state index is 10.8. The van der Waals surface area contributed by atoms with E-state index in [2.05, 4.69) is 10.6 Å². The van der Waals surface area contributed by atoms with E-state index in [0.29, 0.717) is 5.92 Å². The maximum Gasteiger partial charge on any atom is 0.327 e. The molecule has 1 rings (SSSR count). The molecule has 0 spiro atoms. The number of amides is 1. The molecule has 98 valence electrons. The van der Waals surface area contributed by atoms with E-state index in [1.54, 1.807) is 0 Å². The largest absolute Gasteiger partial charge is 0.480 e. The van der Waals surface area contributed by atoms with Crippen LogP contribution in [0, 0.1) is 5.92 Å². The van der Waals surface area contributed by atoms with Crippen LogP contribution in [0.3, 0.4) is 0 Å². The fraction of sp³-hybridized carbons (Fsp3) is 0.818. The first-order valence-electron chi connectivity index (χ1n) is 5.88. The molecule has 17 heavy (non-hydrogen) atoms. The molecule has 1 fully saturated rings. The van der Waals surface area contributed by atoms with E-state index in [1.807, 2.05) is 0 Å². The van der Waals surface area contributed by atoms with Gasteiger partial charge in [-0.1, -0.05) is 0 Å². The number of carboxylic acids is 1. The molecule has 6 heteroatoms. The number of nitrogens with one attached hydrogen (secondary N) is 2. The Labute approximate surface area is 101 Å². The quantitative estimate of drug-likeness (QED) is 0.530. The summed E-state index contributed by atoms with van der Waals surface area (Å²) in [6, 6.07) is -0.854. The van der Waals surface area contributed by atoms with Gasteiger partial charge in [-0.25, -0.2) is 4.79 Å². The molecule has 0 aromatic heterocycles. The van der Waals surface area contributed by atoms with Crippen molar-refractivity contribution in [2.45, 2.75) is 25.8 Å². The van der Waals surface area contributed by atoms with Crippen LogP contribution >= 0.6 is 0 Å². The van der Waals surface area contributed by atoms with Crippen molar-refractivity contribution in [2.75, 3.05) is 26.3 Å². The Morgan fingerprint density at radius 3 is 2.82 bits per heavy atom. The van der Waals surface area contributed by atoms with Gasteiger partial charge < -0.3 is 20.5 Å². The zero-order chi connectivity index (χ0) is 12.7. The molecule has 1 amide bonds. The van der Waals surface area contributed by atoms with Gasteiger partial charge in [0.25, 0.3) is 0 Å². The molecule has 0 bridgehead atoms. The molecule has 0 saturated carbocycles. The van der Waals surface area contributed by atoms with Crippen LogP contribution in [0.2, 0.25) is 0 Å². The van der Waals surface area contributed by atoms with Crippen molar-refractivity contribution in [2.24, 2.45) is 5.92 Å². The van der Waals surface area contributed by atoms with Gasteiger partial charge in [0.05, 0.1) is 0 Å². The molecule has 3 N–H and O–H groups in total. The lowest BCUT2D eigenvalue weighted by Crippen LogP contribution is -2.46. The topological polar surface area (TPSA) is 87.7 Å². The second-order valence-corrected chi connectivity index (χ2v) is 4.31. The lowest BCUT2D eigenvalue weighted by Gasteiger charge is -2.15.